The Bertz CT molecular complexity index is 1550. The Kier molecular flexibility index (Phi) is 6.39. The number of aromatic nitrogens is 5. The molecule has 2 aromatic carbocycles. The van der Waals surface area contributed by atoms with E-state index in [1.807, 2.05) is 82.5 Å². The molecule has 1 amide bonds. The van der Waals surface area contributed by atoms with Gasteiger partial charge in [0.25, 0.3) is 5.89 Å². The van der Waals surface area contributed by atoms with E-state index in [0.29, 0.717) is 29.5 Å². The summed E-state index contributed by atoms with van der Waals surface area (Å²) in [6.07, 6.45) is 8.60. The normalized spacial score (nSPS) is 15.5. The number of nitrogen functional groups attached to an aromatic ring is 1. The van der Waals surface area contributed by atoms with Crippen molar-refractivity contribution < 1.29 is 9.32 Å². The second-order valence-corrected chi connectivity index (χ2v) is 9.38. The maximum atomic E-state index is 13.2. The summed E-state index contributed by atoms with van der Waals surface area (Å²) in [5, 5.41) is 8.74. The monoisotopic (exact) mass is 505 g/mol. The summed E-state index contributed by atoms with van der Waals surface area (Å²) in [5.41, 5.74) is 10.3. The van der Waals surface area contributed by atoms with Gasteiger partial charge in [-0.05, 0) is 30.9 Å². The smallest absolute Gasteiger partial charge is 0.262 e. The van der Waals surface area contributed by atoms with Crippen molar-refractivity contribution in [3.63, 3.8) is 0 Å². The van der Waals surface area contributed by atoms with Gasteiger partial charge in [0, 0.05) is 35.6 Å². The number of carbonyl (C=O) groups excluding carboxylic acids is 1. The molecular formula is C29H27N7O2. The fourth-order valence-corrected chi connectivity index (χ4v) is 4.84. The van der Waals surface area contributed by atoms with Crippen molar-refractivity contribution in [3.05, 3.63) is 90.9 Å². The van der Waals surface area contributed by atoms with Crippen LogP contribution in [0, 0.1) is 0 Å². The molecule has 0 bridgehead atoms. The lowest BCUT2D eigenvalue weighted by Crippen LogP contribution is -2.42. The van der Waals surface area contributed by atoms with Crippen molar-refractivity contribution in [1.82, 2.24) is 29.8 Å². The maximum absolute atomic E-state index is 13.2. The number of benzene rings is 2. The highest BCUT2D eigenvalue weighted by Gasteiger charge is 2.28. The molecule has 1 aliphatic heterocycles. The van der Waals surface area contributed by atoms with Crippen LogP contribution < -0.4 is 5.73 Å². The number of pyridine rings is 1. The number of likely N-dealkylation sites (tertiary alicyclic amines) is 1. The molecule has 9 heteroatoms. The lowest BCUT2D eigenvalue weighted by molar-refractivity contribution is -0.136. The topological polar surface area (TPSA) is 116 Å². The number of anilines is 1. The predicted molar refractivity (Wildman–Crippen MR) is 143 cm³/mol. The first kappa shape index (κ1) is 23.6. The molecule has 190 valence electrons. The van der Waals surface area contributed by atoms with Crippen LogP contribution in [-0.2, 0) is 11.2 Å². The van der Waals surface area contributed by atoms with Crippen LogP contribution in [0.25, 0.3) is 34.0 Å². The molecule has 6 rings (SSSR count). The molecular weight excluding hydrogens is 478 g/mol. The number of nitrogens with two attached hydrogens (primary N) is 1. The number of rotatable bonds is 6. The number of amides is 1. The van der Waals surface area contributed by atoms with Crippen LogP contribution in [0.2, 0.25) is 0 Å². The van der Waals surface area contributed by atoms with E-state index >= 15 is 0 Å². The highest BCUT2D eigenvalue weighted by Crippen LogP contribution is 2.32. The van der Waals surface area contributed by atoms with Gasteiger partial charge in [0.2, 0.25) is 11.7 Å². The Balaban J connectivity index is 1.25. The third-order valence-electron chi connectivity index (χ3n) is 6.84. The predicted octanol–water partition coefficient (Wildman–Crippen LogP) is 5.00. The first-order chi connectivity index (χ1) is 18.7. The molecule has 5 aromatic rings. The molecule has 1 unspecified atom stereocenters. The quantitative estimate of drug-likeness (QED) is 0.345. The van der Waals surface area contributed by atoms with Crippen LogP contribution in [0.4, 0.5) is 5.82 Å². The Labute approximate surface area is 219 Å². The highest BCUT2D eigenvalue weighted by molar-refractivity contribution is 5.79. The van der Waals surface area contributed by atoms with Gasteiger partial charge in [0.15, 0.2) is 0 Å². The van der Waals surface area contributed by atoms with Gasteiger partial charge in [0.05, 0.1) is 18.2 Å². The molecule has 38 heavy (non-hydrogen) atoms. The van der Waals surface area contributed by atoms with E-state index in [1.165, 1.54) is 0 Å². The number of nitrogens with zero attached hydrogens (tertiary/aromatic N) is 6. The second kappa shape index (κ2) is 10.3. The Morgan fingerprint density at radius 1 is 0.974 bits per heavy atom. The van der Waals surface area contributed by atoms with Crippen molar-refractivity contribution in [2.24, 2.45) is 0 Å². The molecule has 2 N–H and O–H groups in total. The maximum Gasteiger partial charge on any atom is 0.262 e. The Morgan fingerprint density at radius 2 is 1.76 bits per heavy atom. The molecule has 1 atom stereocenters. The van der Waals surface area contributed by atoms with Gasteiger partial charge >= 0.3 is 0 Å². The number of hydrogen-bond donors (Lipinski definition) is 1. The van der Waals surface area contributed by atoms with Crippen LogP contribution in [0.1, 0.15) is 31.0 Å². The van der Waals surface area contributed by atoms with E-state index < -0.39 is 0 Å². The lowest BCUT2D eigenvalue weighted by Gasteiger charge is -2.36. The largest absolute Gasteiger partial charge is 0.383 e. The molecule has 1 aliphatic rings. The summed E-state index contributed by atoms with van der Waals surface area (Å²) in [7, 11) is 0. The fraction of sp³-hybridized carbons (Fsp3) is 0.207. The SMILES string of the molecule is Nc1ncc(-c2cnn(C3CCCCN3C(=O)Cc3ccccc3)c2)cc1-c1nc(-c2ccccc2)no1. The molecule has 4 heterocycles. The second-order valence-electron chi connectivity index (χ2n) is 9.38. The van der Waals surface area contributed by atoms with Gasteiger partial charge < -0.3 is 15.2 Å². The summed E-state index contributed by atoms with van der Waals surface area (Å²) in [6.45, 7) is 0.722. The van der Waals surface area contributed by atoms with Crippen molar-refractivity contribution in [1.29, 1.82) is 0 Å². The minimum atomic E-state index is -0.126. The molecule has 0 spiro atoms. The van der Waals surface area contributed by atoms with Crippen LogP contribution in [-0.4, -0.2) is 42.3 Å². The summed E-state index contributed by atoms with van der Waals surface area (Å²) < 4.78 is 7.40. The van der Waals surface area contributed by atoms with Crippen molar-refractivity contribution in [2.45, 2.75) is 31.8 Å². The first-order valence-corrected chi connectivity index (χ1v) is 12.7. The highest BCUT2D eigenvalue weighted by atomic mass is 16.5. The standard InChI is InChI=1S/C29H27N7O2/c30-27-24(29-33-28(34-38-29)21-11-5-2-6-12-21)16-22(17-31-27)23-18-32-36(19-23)25-13-7-8-14-35(25)26(37)15-20-9-3-1-4-10-20/h1-6,9-12,16-19,25H,7-8,13-15H2,(H2,30,31). The van der Waals surface area contributed by atoms with Crippen LogP contribution in [0.15, 0.2) is 89.8 Å². The van der Waals surface area contributed by atoms with E-state index in [1.54, 1.807) is 12.4 Å². The van der Waals surface area contributed by atoms with Crippen molar-refractivity contribution in [2.75, 3.05) is 12.3 Å². The van der Waals surface area contributed by atoms with E-state index in [9.17, 15) is 4.79 Å². The van der Waals surface area contributed by atoms with Gasteiger partial charge in [-0.3, -0.25) is 4.79 Å². The van der Waals surface area contributed by atoms with Gasteiger partial charge in [-0.1, -0.05) is 65.8 Å². The summed E-state index contributed by atoms with van der Waals surface area (Å²) in [5.74, 6) is 1.19. The number of hydrogen-bond acceptors (Lipinski definition) is 7. The van der Waals surface area contributed by atoms with Crippen LogP contribution in [0.3, 0.4) is 0 Å². The minimum absolute atomic E-state index is 0.111. The number of piperidine rings is 1. The van der Waals surface area contributed by atoms with Gasteiger partial charge in [-0.15, -0.1) is 0 Å². The van der Waals surface area contributed by atoms with Crippen molar-refractivity contribution >= 4 is 11.7 Å². The summed E-state index contributed by atoms with van der Waals surface area (Å²) in [4.78, 5) is 24.1. The third kappa shape index (κ3) is 4.78. The minimum Gasteiger partial charge on any atom is -0.383 e. The average Bonchev–Trinajstić information content (AvgIpc) is 3.65. The van der Waals surface area contributed by atoms with E-state index in [0.717, 1.165) is 48.1 Å². The Hall–Kier alpha value is -4.79. The zero-order valence-electron chi connectivity index (χ0n) is 20.8. The molecule has 1 fully saturated rings. The van der Waals surface area contributed by atoms with Crippen LogP contribution >= 0.6 is 0 Å². The Morgan fingerprint density at radius 3 is 2.58 bits per heavy atom. The molecule has 9 nitrogen and oxygen atoms in total. The van der Waals surface area contributed by atoms with Crippen LogP contribution in [0.5, 0.6) is 0 Å². The number of carbonyl (C=O) groups is 1. The third-order valence-corrected chi connectivity index (χ3v) is 6.84. The van der Waals surface area contributed by atoms with Gasteiger partial charge in [-0.2, -0.15) is 10.1 Å². The zero-order valence-corrected chi connectivity index (χ0v) is 20.8. The van der Waals surface area contributed by atoms with Gasteiger partial charge in [-0.25, -0.2) is 9.67 Å². The molecule has 0 radical (unpaired) electrons. The molecule has 1 saturated heterocycles. The fourth-order valence-electron chi connectivity index (χ4n) is 4.84. The lowest BCUT2D eigenvalue weighted by atomic mass is 10.1. The van der Waals surface area contributed by atoms with E-state index in [4.69, 9.17) is 10.3 Å². The average molecular weight is 506 g/mol. The molecule has 3 aromatic heterocycles. The molecule has 0 saturated carbocycles. The summed E-state index contributed by atoms with van der Waals surface area (Å²) >= 11 is 0. The zero-order chi connectivity index (χ0) is 25.9. The van der Waals surface area contributed by atoms with Gasteiger partial charge in [0.1, 0.15) is 12.0 Å². The first-order valence-electron chi connectivity index (χ1n) is 12.7. The van der Waals surface area contributed by atoms with E-state index in [-0.39, 0.29) is 12.1 Å². The summed E-state index contributed by atoms with van der Waals surface area (Å²) in [6, 6.07) is 21.3. The van der Waals surface area contributed by atoms with Crippen molar-refractivity contribution in [3.8, 4) is 34.0 Å². The molecule has 0 aliphatic carbocycles. The van der Waals surface area contributed by atoms with E-state index in [2.05, 4.69) is 20.2 Å².